The summed E-state index contributed by atoms with van der Waals surface area (Å²) in [5, 5.41) is 2.91. The molecule has 2 rings (SSSR count). The zero-order chi connectivity index (χ0) is 15.2. The van der Waals surface area contributed by atoms with Gasteiger partial charge in [-0.3, -0.25) is 4.79 Å². The molecular weight excluding hydrogens is 268 g/mol. The molecule has 5 N–H and O–H groups in total. The number of carbonyl (C=O) groups is 1. The van der Waals surface area contributed by atoms with E-state index in [0.717, 1.165) is 24.0 Å². The van der Waals surface area contributed by atoms with Crippen LogP contribution in [0, 0.1) is 5.92 Å². The van der Waals surface area contributed by atoms with Gasteiger partial charge in [-0.15, -0.1) is 0 Å². The molecule has 0 aliphatic heterocycles. The van der Waals surface area contributed by atoms with Crippen molar-refractivity contribution in [3.8, 4) is 0 Å². The number of hydrogen-bond acceptors (Lipinski definition) is 3. The molecule has 1 aromatic rings. The molecule has 1 atom stereocenters. The van der Waals surface area contributed by atoms with E-state index >= 15 is 0 Å². The maximum Gasteiger partial charge on any atom is 0.249 e. The molecule has 1 fully saturated rings. The average molecular weight is 290 g/mol. The molecule has 0 spiro atoms. The second-order valence-electron chi connectivity index (χ2n) is 5.27. The van der Waals surface area contributed by atoms with Crippen LogP contribution < -0.4 is 16.8 Å². The Hall–Kier alpha value is -2.08. The van der Waals surface area contributed by atoms with E-state index in [-0.39, 0.29) is 18.0 Å². The third-order valence-electron chi connectivity index (χ3n) is 3.50. The van der Waals surface area contributed by atoms with Crippen molar-refractivity contribution in [1.82, 2.24) is 5.32 Å². The number of nitrogens with two attached hydrogens (primary N) is 2. The molecular formula is C15H22N4O2. The molecule has 21 heavy (non-hydrogen) atoms. The molecule has 1 aromatic carbocycles. The SMILES string of the molecule is COC(C(=O)NCc1ccc(CN=C(N)N)cc1)C1CC1. The summed E-state index contributed by atoms with van der Waals surface area (Å²) in [6.07, 6.45) is 1.84. The zero-order valence-corrected chi connectivity index (χ0v) is 12.2. The average Bonchev–Trinajstić information content (AvgIpc) is 3.29. The second-order valence-corrected chi connectivity index (χ2v) is 5.27. The predicted octanol–water partition coefficient (Wildman–Crippen LogP) is 0.501. The van der Waals surface area contributed by atoms with Crippen molar-refractivity contribution in [3.63, 3.8) is 0 Å². The molecule has 1 aliphatic rings. The Morgan fingerprint density at radius 3 is 2.48 bits per heavy atom. The van der Waals surface area contributed by atoms with E-state index in [2.05, 4.69) is 10.3 Å². The monoisotopic (exact) mass is 290 g/mol. The minimum Gasteiger partial charge on any atom is -0.371 e. The molecule has 0 saturated heterocycles. The van der Waals surface area contributed by atoms with Crippen molar-refractivity contribution in [2.75, 3.05) is 7.11 Å². The van der Waals surface area contributed by atoms with Crippen LogP contribution in [0.25, 0.3) is 0 Å². The van der Waals surface area contributed by atoms with Crippen molar-refractivity contribution in [2.45, 2.75) is 32.0 Å². The summed E-state index contributed by atoms with van der Waals surface area (Å²) in [5.41, 5.74) is 12.6. The minimum atomic E-state index is -0.314. The number of nitrogens with zero attached hydrogens (tertiary/aromatic N) is 1. The number of ether oxygens (including phenoxy) is 1. The standard InChI is InChI=1S/C15H22N4O2/c1-21-13(12-6-7-12)14(20)18-8-10-2-4-11(5-3-10)9-19-15(16)17/h2-5,12-13H,6-9H2,1H3,(H,18,20)(H4,16,17,19). The first-order valence-electron chi connectivity index (χ1n) is 7.04. The normalized spacial score (nSPS) is 15.3. The number of benzene rings is 1. The van der Waals surface area contributed by atoms with Crippen molar-refractivity contribution in [2.24, 2.45) is 22.4 Å². The number of rotatable bonds is 7. The lowest BCUT2D eigenvalue weighted by molar-refractivity contribution is -0.132. The molecule has 0 radical (unpaired) electrons. The van der Waals surface area contributed by atoms with Gasteiger partial charge in [-0.1, -0.05) is 24.3 Å². The maximum atomic E-state index is 12.0. The van der Waals surface area contributed by atoms with Gasteiger partial charge in [0.15, 0.2) is 5.96 Å². The summed E-state index contributed by atoms with van der Waals surface area (Å²) in [7, 11) is 1.58. The van der Waals surface area contributed by atoms with Crippen molar-refractivity contribution in [3.05, 3.63) is 35.4 Å². The van der Waals surface area contributed by atoms with Crippen molar-refractivity contribution < 1.29 is 9.53 Å². The van der Waals surface area contributed by atoms with Crippen LogP contribution in [0.15, 0.2) is 29.3 Å². The molecule has 1 aliphatic carbocycles. The fraction of sp³-hybridized carbons (Fsp3) is 0.467. The highest BCUT2D eigenvalue weighted by Crippen LogP contribution is 2.34. The topological polar surface area (TPSA) is 103 Å². The van der Waals surface area contributed by atoms with Gasteiger partial charge < -0.3 is 21.5 Å². The van der Waals surface area contributed by atoms with Gasteiger partial charge in [0.05, 0.1) is 6.54 Å². The highest BCUT2D eigenvalue weighted by atomic mass is 16.5. The summed E-state index contributed by atoms with van der Waals surface area (Å²) in [5.74, 6) is 0.429. The third kappa shape index (κ3) is 4.75. The lowest BCUT2D eigenvalue weighted by Gasteiger charge is -2.14. The molecule has 1 unspecified atom stereocenters. The zero-order valence-electron chi connectivity index (χ0n) is 12.2. The van der Waals surface area contributed by atoms with E-state index in [1.54, 1.807) is 7.11 Å². The Bertz CT molecular complexity index is 505. The Balaban J connectivity index is 1.82. The smallest absolute Gasteiger partial charge is 0.249 e. The predicted molar refractivity (Wildman–Crippen MR) is 81.3 cm³/mol. The number of amides is 1. The number of guanidine groups is 1. The summed E-state index contributed by atoms with van der Waals surface area (Å²) in [6, 6.07) is 7.80. The second kappa shape index (κ2) is 7.08. The molecule has 1 amide bonds. The quantitative estimate of drug-likeness (QED) is 0.502. The largest absolute Gasteiger partial charge is 0.371 e. The van der Waals surface area contributed by atoms with E-state index < -0.39 is 0 Å². The lowest BCUT2D eigenvalue weighted by atomic mass is 10.1. The van der Waals surface area contributed by atoms with E-state index in [1.165, 1.54) is 0 Å². The van der Waals surface area contributed by atoms with Crippen LogP contribution in [0.4, 0.5) is 0 Å². The molecule has 6 heteroatoms. The van der Waals surface area contributed by atoms with Crippen LogP contribution in [0.5, 0.6) is 0 Å². The highest BCUT2D eigenvalue weighted by molar-refractivity contribution is 5.81. The maximum absolute atomic E-state index is 12.0. The Morgan fingerprint density at radius 2 is 1.95 bits per heavy atom. The van der Waals surface area contributed by atoms with Crippen molar-refractivity contribution in [1.29, 1.82) is 0 Å². The Morgan fingerprint density at radius 1 is 1.33 bits per heavy atom. The number of carbonyl (C=O) groups excluding carboxylic acids is 1. The first-order valence-corrected chi connectivity index (χ1v) is 7.04. The fourth-order valence-corrected chi connectivity index (χ4v) is 2.15. The first kappa shape index (κ1) is 15.3. The van der Waals surface area contributed by atoms with Gasteiger partial charge in [0.2, 0.25) is 5.91 Å². The summed E-state index contributed by atoms with van der Waals surface area (Å²) in [6.45, 7) is 0.955. The van der Waals surface area contributed by atoms with Crippen LogP contribution in [0.1, 0.15) is 24.0 Å². The molecule has 114 valence electrons. The molecule has 0 aromatic heterocycles. The van der Waals surface area contributed by atoms with Crippen LogP contribution in [-0.4, -0.2) is 25.1 Å². The number of aliphatic imine (C=N–C) groups is 1. The fourth-order valence-electron chi connectivity index (χ4n) is 2.15. The van der Waals surface area contributed by atoms with E-state index in [1.807, 2.05) is 24.3 Å². The summed E-state index contributed by atoms with van der Waals surface area (Å²) in [4.78, 5) is 15.9. The van der Waals surface area contributed by atoms with Crippen LogP contribution >= 0.6 is 0 Å². The van der Waals surface area contributed by atoms with Crippen molar-refractivity contribution >= 4 is 11.9 Å². The molecule has 0 heterocycles. The van der Waals surface area contributed by atoms with Gasteiger partial charge in [-0.05, 0) is 29.9 Å². The molecule has 0 bridgehead atoms. The summed E-state index contributed by atoms with van der Waals surface area (Å²) >= 11 is 0. The lowest BCUT2D eigenvalue weighted by Crippen LogP contribution is -2.36. The first-order chi connectivity index (χ1) is 10.1. The Labute approximate surface area is 124 Å². The highest BCUT2D eigenvalue weighted by Gasteiger charge is 2.36. The minimum absolute atomic E-state index is 0.0374. The van der Waals surface area contributed by atoms with Gasteiger partial charge in [-0.2, -0.15) is 0 Å². The Kier molecular flexibility index (Phi) is 5.16. The number of nitrogens with one attached hydrogen (secondary N) is 1. The molecule has 1 saturated carbocycles. The van der Waals surface area contributed by atoms with Gasteiger partial charge in [0.1, 0.15) is 6.10 Å². The number of methoxy groups -OCH3 is 1. The number of hydrogen-bond donors (Lipinski definition) is 3. The van der Waals surface area contributed by atoms with Gasteiger partial charge in [-0.25, -0.2) is 4.99 Å². The van der Waals surface area contributed by atoms with E-state index in [9.17, 15) is 4.79 Å². The van der Waals surface area contributed by atoms with Gasteiger partial charge in [0.25, 0.3) is 0 Å². The van der Waals surface area contributed by atoms with Crippen LogP contribution in [0.2, 0.25) is 0 Å². The van der Waals surface area contributed by atoms with E-state index in [4.69, 9.17) is 16.2 Å². The van der Waals surface area contributed by atoms with Crippen LogP contribution in [-0.2, 0) is 22.6 Å². The summed E-state index contributed by atoms with van der Waals surface area (Å²) < 4.78 is 5.25. The van der Waals surface area contributed by atoms with Crippen LogP contribution in [0.3, 0.4) is 0 Å². The molecule has 6 nitrogen and oxygen atoms in total. The van der Waals surface area contributed by atoms with Gasteiger partial charge >= 0.3 is 0 Å². The third-order valence-corrected chi connectivity index (χ3v) is 3.50. The van der Waals surface area contributed by atoms with Gasteiger partial charge in [0, 0.05) is 13.7 Å². The van der Waals surface area contributed by atoms with E-state index in [0.29, 0.717) is 19.0 Å².